The van der Waals surface area contributed by atoms with E-state index in [1.54, 1.807) is 18.4 Å². The first kappa shape index (κ1) is 32.3. The third-order valence-corrected chi connectivity index (χ3v) is 8.47. The zero-order chi connectivity index (χ0) is 31.6. The SMILES string of the molecule is COc1cc(N(C)c2c(-c3ccc(OCCCC(=O)O)cc3)sc3ccccc23)ccc1CN1CCCC1.O=C(O)C(=O)O. The number of carbonyl (C=O) groups is 3. The standard InChI is InChI=1S/C31H34N2O4S.C2H2O4/c1-32(24-14-11-23(27(20-24)36-2)21-33-17-5-6-18-33)30-26-8-3-4-9-28(26)38-31(30)22-12-15-25(16-13-22)37-19-7-10-29(34)35;3-1(4)2(5)6/h3-4,8-9,11-16,20H,5-7,10,17-19,21H2,1-2H3,(H,34,35);(H,3,4)(H,5,6). The molecular formula is C33H36N2O8S. The zero-order valence-electron chi connectivity index (χ0n) is 24.7. The number of anilines is 2. The van der Waals surface area contributed by atoms with E-state index in [1.807, 2.05) is 12.1 Å². The van der Waals surface area contributed by atoms with Crippen molar-refractivity contribution in [1.29, 1.82) is 0 Å². The Bertz CT molecular complexity index is 1580. The Kier molecular flexibility index (Phi) is 11.2. The number of aliphatic carboxylic acids is 3. The van der Waals surface area contributed by atoms with Crippen LogP contribution in [0.3, 0.4) is 0 Å². The molecule has 232 valence electrons. The van der Waals surface area contributed by atoms with Crippen molar-refractivity contribution in [2.24, 2.45) is 0 Å². The molecule has 2 heterocycles. The van der Waals surface area contributed by atoms with Gasteiger partial charge in [0, 0.05) is 47.4 Å². The number of likely N-dealkylation sites (tertiary alicyclic amines) is 1. The maximum absolute atomic E-state index is 10.7. The fourth-order valence-electron chi connectivity index (χ4n) is 5.06. The summed E-state index contributed by atoms with van der Waals surface area (Å²) in [4.78, 5) is 34.9. The van der Waals surface area contributed by atoms with Crippen LogP contribution in [0.4, 0.5) is 11.4 Å². The predicted molar refractivity (Wildman–Crippen MR) is 170 cm³/mol. The molecule has 44 heavy (non-hydrogen) atoms. The molecule has 1 aliphatic heterocycles. The second-order valence-electron chi connectivity index (χ2n) is 10.3. The molecule has 0 radical (unpaired) electrons. The van der Waals surface area contributed by atoms with Crippen molar-refractivity contribution in [3.8, 4) is 21.9 Å². The van der Waals surface area contributed by atoms with Crippen molar-refractivity contribution < 1.29 is 39.2 Å². The largest absolute Gasteiger partial charge is 0.496 e. The van der Waals surface area contributed by atoms with Crippen LogP contribution in [0.25, 0.3) is 20.5 Å². The van der Waals surface area contributed by atoms with Gasteiger partial charge in [0.15, 0.2) is 0 Å². The van der Waals surface area contributed by atoms with E-state index in [0.29, 0.717) is 13.0 Å². The predicted octanol–water partition coefficient (Wildman–Crippen LogP) is 6.34. The molecule has 0 aliphatic carbocycles. The smallest absolute Gasteiger partial charge is 0.414 e. The van der Waals surface area contributed by atoms with Gasteiger partial charge < -0.3 is 29.7 Å². The normalized spacial score (nSPS) is 12.8. The van der Waals surface area contributed by atoms with Crippen molar-refractivity contribution >= 4 is 50.7 Å². The van der Waals surface area contributed by atoms with Crippen molar-refractivity contribution in [3.05, 3.63) is 72.3 Å². The van der Waals surface area contributed by atoms with Crippen molar-refractivity contribution in [2.45, 2.75) is 32.2 Å². The van der Waals surface area contributed by atoms with Gasteiger partial charge in [-0.3, -0.25) is 9.69 Å². The Hall–Kier alpha value is -4.61. The number of rotatable bonds is 11. The van der Waals surface area contributed by atoms with Gasteiger partial charge in [-0.15, -0.1) is 11.3 Å². The zero-order valence-corrected chi connectivity index (χ0v) is 25.5. The van der Waals surface area contributed by atoms with Gasteiger partial charge >= 0.3 is 17.9 Å². The van der Waals surface area contributed by atoms with Crippen LogP contribution in [0.5, 0.6) is 11.5 Å². The summed E-state index contributed by atoms with van der Waals surface area (Å²) in [5, 5.41) is 24.8. The number of hydrogen-bond donors (Lipinski definition) is 3. The van der Waals surface area contributed by atoms with Crippen molar-refractivity contribution in [3.63, 3.8) is 0 Å². The van der Waals surface area contributed by atoms with Gasteiger partial charge in [0.1, 0.15) is 11.5 Å². The number of ether oxygens (including phenoxy) is 2. The number of carboxylic acids is 3. The number of hydrogen-bond acceptors (Lipinski definition) is 8. The molecule has 0 saturated carbocycles. The van der Waals surface area contributed by atoms with Crippen LogP contribution in [0, 0.1) is 0 Å². The average molecular weight is 621 g/mol. The number of methoxy groups -OCH3 is 1. The van der Waals surface area contributed by atoms with Gasteiger partial charge in [0.2, 0.25) is 0 Å². The first-order valence-electron chi connectivity index (χ1n) is 14.2. The lowest BCUT2D eigenvalue weighted by Gasteiger charge is -2.23. The summed E-state index contributed by atoms with van der Waals surface area (Å²) in [6.07, 6.45) is 3.14. The van der Waals surface area contributed by atoms with Crippen LogP contribution in [0.2, 0.25) is 0 Å². The lowest BCUT2D eigenvalue weighted by atomic mass is 10.1. The molecule has 0 amide bonds. The monoisotopic (exact) mass is 620 g/mol. The Morgan fingerprint density at radius 3 is 2.25 bits per heavy atom. The van der Waals surface area contributed by atoms with Crippen LogP contribution in [-0.4, -0.2) is 72.0 Å². The van der Waals surface area contributed by atoms with E-state index in [-0.39, 0.29) is 6.42 Å². The highest BCUT2D eigenvalue weighted by Gasteiger charge is 2.20. The molecule has 1 aromatic heterocycles. The van der Waals surface area contributed by atoms with E-state index in [1.165, 1.54) is 33.4 Å². The van der Waals surface area contributed by atoms with E-state index < -0.39 is 17.9 Å². The summed E-state index contributed by atoms with van der Waals surface area (Å²) in [5.74, 6) is -2.78. The minimum absolute atomic E-state index is 0.111. The minimum Gasteiger partial charge on any atom is -0.496 e. The Balaban J connectivity index is 0.000000670. The van der Waals surface area contributed by atoms with Crippen LogP contribution in [-0.2, 0) is 20.9 Å². The molecule has 1 saturated heterocycles. The van der Waals surface area contributed by atoms with E-state index in [4.69, 9.17) is 34.4 Å². The van der Waals surface area contributed by atoms with Crippen LogP contribution in [0.1, 0.15) is 31.2 Å². The van der Waals surface area contributed by atoms with Crippen molar-refractivity contribution in [2.75, 3.05) is 38.8 Å². The minimum atomic E-state index is -1.82. The van der Waals surface area contributed by atoms with Gasteiger partial charge in [-0.05, 0) is 74.3 Å². The molecule has 10 nitrogen and oxygen atoms in total. The second-order valence-corrected chi connectivity index (χ2v) is 11.3. The topological polar surface area (TPSA) is 137 Å². The number of nitrogens with zero attached hydrogens (tertiary/aromatic N) is 2. The van der Waals surface area contributed by atoms with Crippen molar-refractivity contribution in [1.82, 2.24) is 4.90 Å². The van der Waals surface area contributed by atoms with E-state index in [9.17, 15) is 4.79 Å². The average Bonchev–Trinajstić information content (AvgIpc) is 3.67. The maximum Gasteiger partial charge on any atom is 0.414 e. The summed E-state index contributed by atoms with van der Waals surface area (Å²) in [5.41, 5.74) is 4.58. The Labute approximate surface area is 259 Å². The van der Waals surface area contributed by atoms with E-state index >= 15 is 0 Å². The highest BCUT2D eigenvalue weighted by Crippen LogP contribution is 2.47. The fraction of sp³-hybridized carbons (Fsp3) is 0.303. The quantitative estimate of drug-likeness (QED) is 0.129. The molecule has 0 unspecified atom stereocenters. The molecule has 0 spiro atoms. The number of fused-ring (bicyclic) bond motifs is 1. The first-order valence-corrected chi connectivity index (χ1v) is 15.1. The third-order valence-electron chi connectivity index (χ3n) is 7.26. The van der Waals surface area contributed by atoms with E-state index in [0.717, 1.165) is 48.1 Å². The number of benzene rings is 3. The lowest BCUT2D eigenvalue weighted by molar-refractivity contribution is -0.159. The molecule has 4 aromatic rings. The van der Waals surface area contributed by atoms with Gasteiger partial charge in [0.05, 0.1) is 24.3 Å². The van der Waals surface area contributed by atoms with Gasteiger partial charge in [-0.2, -0.15) is 0 Å². The van der Waals surface area contributed by atoms with Crippen LogP contribution < -0.4 is 14.4 Å². The molecular weight excluding hydrogens is 584 g/mol. The summed E-state index contributed by atoms with van der Waals surface area (Å²) in [7, 11) is 3.87. The van der Waals surface area contributed by atoms with E-state index in [2.05, 4.69) is 71.4 Å². The molecule has 0 atom stereocenters. The highest BCUT2D eigenvalue weighted by molar-refractivity contribution is 7.23. The molecule has 3 aromatic carbocycles. The number of carboxylic acid groups (broad SMARTS) is 3. The third kappa shape index (κ3) is 8.27. The summed E-state index contributed by atoms with van der Waals surface area (Å²) < 4.78 is 12.8. The van der Waals surface area contributed by atoms with Crippen LogP contribution >= 0.6 is 11.3 Å². The van der Waals surface area contributed by atoms with Gasteiger partial charge in [-0.1, -0.05) is 24.3 Å². The van der Waals surface area contributed by atoms with Crippen LogP contribution in [0.15, 0.2) is 66.7 Å². The summed E-state index contributed by atoms with van der Waals surface area (Å²) in [6, 6.07) is 23.1. The molecule has 3 N–H and O–H groups in total. The van der Waals surface area contributed by atoms with Gasteiger partial charge in [0.25, 0.3) is 0 Å². The Morgan fingerprint density at radius 1 is 0.932 bits per heavy atom. The molecule has 5 rings (SSSR count). The lowest BCUT2D eigenvalue weighted by Crippen LogP contribution is -2.19. The maximum atomic E-state index is 10.7. The fourth-order valence-corrected chi connectivity index (χ4v) is 6.30. The molecule has 11 heteroatoms. The summed E-state index contributed by atoms with van der Waals surface area (Å²) in [6.45, 7) is 3.62. The molecule has 0 bridgehead atoms. The summed E-state index contributed by atoms with van der Waals surface area (Å²) >= 11 is 1.78. The second kappa shape index (κ2) is 15.2. The number of thiophene rings is 1. The molecule has 1 aliphatic rings. The van der Waals surface area contributed by atoms with Gasteiger partial charge in [-0.25, -0.2) is 9.59 Å². The first-order chi connectivity index (χ1) is 21.2. The Morgan fingerprint density at radius 2 is 1.61 bits per heavy atom. The molecule has 1 fully saturated rings. The highest BCUT2D eigenvalue weighted by atomic mass is 32.1.